The van der Waals surface area contributed by atoms with Gasteiger partial charge in [-0.15, -0.1) is 0 Å². The summed E-state index contributed by atoms with van der Waals surface area (Å²) >= 11 is 0. The lowest BCUT2D eigenvalue weighted by Crippen LogP contribution is -2.22. The first-order valence-corrected chi connectivity index (χ1v) is 10.1. The van der Waals surface area contributed by atoms with Gasteiger partial charge in [-0.1, -0.05) is 13.3 Å². The van der Waals surface area contributed by atoms with Crippen molar-refractivity contribution in [1.29, 1.82) is 0 Å². The highest BCUT2D eigenvalue weighted by Gasteiger charge is 2.18. The Hall–Kier alpha value is -2.62. The van der Waals surface area contributed by atoms with Crippen LogP contribution in [-0.4, -0.2) is 38.6 Å². The highest BCUT2D eigenvalue weighted by molar-refractivity contribution is 7.87. The summed E-state index contributed by atoms with van der Waals surface area (Å²) in [5.74, 6) is -1.31. The predicted octanol–water partition coefficient (Wildman–Crippen LogP) is 1.32. The van der Waals surface area contributed by atoms with Crippen LogP contribution in [0.2, 0.25) is 0 Å². The number of carbonyl (C=O) groups is 2. The molecule has 0 spiro atoms. The smallest absolute Gasteiger partial charge is 0.353 e. The van der Waals surface area contributed by atoms with Crippen molar-refractivity contribution in [3.05, 3.63) is 29.8 Å². The molecule has 0 radical (unpaired) electrons. The first kappa shape index (κ1) is 22.4. The molecule has 1 aromatic rings. The average Bonchev–Trinajstić information content (AvgIpc) is 2.57. The molecule has 0 saturated heterocycles. The van der Waals surface area contributed by atoms with Crippen LogP contribution >= 0.6 is 0 Å². The number of hydrogen-bond acceptors (Lipinski definition) is 7. The minimum atomic E-state index is -3.89. The van der Waals surface area contributed by atoms with E-state index in [-0.39, 0.29) is 29.4 Å². The maximum absolute atomic E-state index is 11.8. The van der Waals surface area contributed by atoms with Gasteiger partial charge in [0.05, 0.1) is 11.3 Å². The highest BCUT2D eigenvalue weighted by atomic mass is 32.2. The molecule has 9 nitrogen and oxygen atoms in total. The Bertz CT molecular complexity index is 755. The number of unbranched alkanes of at least 4 members (excludes halogenated alkanes) is 2. The summed E-state index contributed by atoms with van der Waals surface area (Å²) in [7, 11) is -3.89. The highest BCUT2D eigenvalue weighted by Crippen LogP contribution is 2.15. The maximum atomic E-state index is 11.8. The Balaban J connectivity index is 2.42. The summed E-state index contributed by atoms with van der Waals surface area (Å²) in [4.78, 5) is 27.4. The van der Waals surface area contributed by atoms with Gasteiger partial charge in [0.25, 0.3) is 0 Å². The zero-order valence-electron chi connectivity index (χ0n) is 15.2. The molecule has 0 atom stereocenters. The van der Waals surface area contributed by atoms with E-state index in [0.29, 0.717) is 19.4 Å². The van der Waals surface area contributed by atoms with E-state index in [2.05, 4.69) is 9.18 Å². The van der Waals surface area contributed by atoms with E-state index in [0.717, 1.165) is 12.8 Å². The molecule has 0 unspecified atom stereocenters. The number of aliphatic imine (C=N–C) groups is 1. The van der Waals surface area contributed by atoms with Crippen molar-refractivity contribution < 1.29 is 26.9 Å². The van der Waals surface area contributed by atoms with Crippen molar-refractivity contribution in [2.75, 3.05) is 12.3 Å². The summed E-state index contributed by atoms with van der Waals surface area (Å²) in [6, 6.07) is 5.47. The van der Waals surface area contributed by atoms with Crippen LogP contribution in [0.4, 0.5) is 0 Å². The van der Waals surface area contributed by atoms with Gasteiger partial charge in [-0.25, -0.2) is 4.79 Å². The molecule has 0 saturated carbocycles. The summed E-state index contributed by atoms with van der Waals surface area (Å²) in [6.45, 7) is 2.18. The van der Waals surface area contributed by atoms with E-state index in [9.17, 15) is 18.0 Å². The molecule has 27 heavy (non-hydrogen) atoms. The number of hydrogen-bond donors (Lipinski definition) is 2. The summed E-state index contributed by atoms with van der Waals surface area (Å²) in [5, 5.41) is 0. The number of ether oxygens (including phenoxy) is 1. The fourth-order valence-corrected chi connectivity index (χ4v) is 2.97. The van der Waals surface area contributed by atoms with Crippen LogP contribution in [0.3, 0.4) is 0 Å². The second kappa shape index (κ2) is 11.2. The van der Waals surface area contributed by atoms with Gasteiger partial charge >= 0.3 is 22.1 Å². The maximum Gasteiger partial charge on any atom is 0.353 e. The SMILES string of the molecule is CCCS(=O)(=O)OC(=O)c1ccc(OC(=O)CCCCCN=C(N)N)cc1. The summed E-state index contributed by atoms with van der Waals surface area (Å²) in [6.07, 6.45) is 2.77. The second-order valence-electron chi connectivity index (χ2n) is 5.75. The molecular weight excluding hydrogens is 374 g/mol. The Labute approximate surface area is 158 Å². The molecule has 4 N–H and O–H groups in total. The number of benzene rings is 1. The Morgan fingerprint density at radius 1 is 1.07 bits per heavy atom. The number of carbonyl (C=O) groups excluding carboxylic acids is 2. The van der Waals surface area contributed by atoms with Crippen LogP contribution in [-0.2, 0) is 19.1 Å². The van der Waals surface area contributed by atoms with E-state index in [1.54, 1.807) is 6.92 Å². The summed E-state index contributed by atoms with van der Waals surface area (Å²) < 4.78 is 32.6. The third-order valence-corrected chi connectivity index (χ3v) is 4.63. The van der Waals surface area contributed by atoms with Gasteiger partial charge in [-0.05, 0) is 43.5 Å². The molecule has 10 heteroatoms. The second-order valence-corrected chi connectivity index (χ2v) is 7.44. The van der Waals surface area contributed by atoms with Gasteiger partial charge < -0.3 is 20.4 Å². The first-order valence-electron chi connectivity index (χ1n) is 8.56. The first-order chi connectivity index (χ1) is 12.7. The van der Waals surface area contributed by atoms with Crippen molar-refractivity contribution in [3.8, 4) is 5.75 Å². The number of esters is 1. The van der Waals surface area contributed by atoms with Crippen molar-refractivity contribution in [1.82, 2.24) is 0 Å². The lowest BCUT2D eigenvalue weighted by molar-refractivity contribution is -0.134. The van der Waals surface area contributed by atoms with Crippen LogP contribution in [0.25, 0.3) is 0 Å². The molecule has 0 heterocycles. The van der Waals surface area contributed by atoms with E-state index in [1.807, 2.05) is 0 Å². The van der Waals surface area contributed by atoms with Crippen LogP contribution in [0.5, 0.6) is 5.75 Å². The zero-order valence-corrected chi connectivity index (χ0v) is 16.0. The topological polar surface area (TPSA) is 151 Å². The van der Waals surface area contributed by atoms with E-state index < -0.39 is 22.1 Å². The molecule has 150 valence electrons. The van der Waals surface area contributed by atoms with Gasteiger partial charge in [-0.2, -0.15) is 8.42 Å². The zero-order chi connectivity index (χ0) is 20.3. The van der Waals surface area contributed by atoms with Crippen molar-refractivity contribution >= 4 is 28.0 Å². The van der Waals surface area contributed by atoms with Gasteiger partial charge in [0.2, 0.25) is 0 Å². The predicted molar refractivity (Wildman–Crippen MR) is 101 cm³/mol. The van der Waals surface area contributed by atoms with Crippen LogP contribution < -0.4 is 16.2 Å². The molecule has 0 amide bonds. The van der Waals surface area contributed by atoms with E-state index in [1.165, 1.54) is 24.3 Å². The van der Waals surface area contributed by atoms with Gasteiger partial charge in [-0.3, -0.25) is 9.79 Å². The molecule has 0 bridgehead atoms. The molecule has 0 fully saturated rings. The Morgan fingerprint density at radius 3 is 2.33 bits per heavy atom. The lowest BCUT2D eigenvalue weighted by Gasteiger charge is -2.06. The Kier molecular flexibility index (Phi) is 9.27. The monoisotopic (exact) mass is 399 g/mol. The fraction of sp³-hybridized carbons (Fsp3) is 0.471. The summed E-state index contributed by atoms with van der Waals surface area (Å²) in [5.41, 5.74) is 10.5. The van der Waals surface area contributed by atoms with Gasteiger partial charge in [0, 0.05) is 13.0 Å². The van der Waals surface area contributed by atoms with E-state index in [4.69, 9.17) is 16.2 Å². The lowest BCUT2D eigenvalue weighted by atomic mass is 10.2. The largest absolute Gasteiger partial charge is 0.427 e. The van der Waals surface area contributed by atoms with Crippen molar-refractivity contribution in [3.63, 3.8) is 0 Å². The van der Waals surface area contributed by atoms with E-state index >= 15 is 0 Å². The number of nitrogens with zero attached hydrogens (tertiary/aromatic N) is 1. The van der Waals surface area contributed by atoms with Crippen LogP contribution in [0, 0.1) is 0 Å². The Morgan fingerprint density at radius 2 is 1.74 bits per heavy atom. The third kappa shape index (κ3) is 9.59. The molecule has 0 aliphatic carbocycles. The number of nitrogens with two attached hydrogens (primary N) is 2. The molecule has 0 aliphatic rings. The standard InChI is InChI=1S/C17H25N3O6S/c1-2-12-27(23,24)26-16(22)13-7-9-14(10-8-13)25-15(21)6-4-3-5-11-20-17(18)19/h7-10H,2-6,11-12H2,1H3,(H4,18,19,20). The molecule has 1 aromatic carbocycles. The number of guanidine groups is 1. The van der Waals surface area contributed by atoms with Crippen molar-refractivity contribution in [2.24, 2.45) is 16.5 Å². The average molecular weight is 399 g/mol. The minimum Gasteiger partial charge on any atom is -0.427 e. The van der Waals surface area contributed by atoms with Gasteiger partial charge in [0.15, 0.2) is 5.96 Å². The molecule has 0 aromatic heterocycles. The third-order valence-electron chi connectivity index (χ3n) is 3.31. The van der Waals surface area contributed by atoms with Crippen LogP contribution in [0.15, 0.2) is 29.3 Å². The fourth-order valence-electron chi connectivity index (χ4n) is 2.06. The minimum absolute atomic E-state index is 0.0460. The molecule has 0 aliphatic heterocycles. The van der Waals surface area contributed by atoms with Crippen molar-refractivity contribution in [2.45, 2.75) is 39.0 Å². The molecule has 1 rings (SSSR count). The van der Waals surface area contributed by atoms with Crippen LogP contribution in [0.1, 0.15) is 49.4 Å². The van der Waals surface area contributed by atoms with Gasteiger partial charge in [0.1, 0.15) is 5.75 Å². The molecular formula is C17H25N3O6S. The normalized spacial score (nSPS) is 10.9. The number of rotatable bonds is 11. The quantitative estimate of drug-likeness (QED) is 0.141.